The number of ether oxygens (including phenoxy) is 1. The second-order valence-corrected chi connectivity index (χ2v) is 5.25. The van der Waals surface area contributed by atoms with Gasteiger partial charge < -0.3 is 25.4 Å². The lowest BCUT2D eigenvalue weighted by atomic mass is 10.1. The number of carbonyl (C=O) groups excluding carboxylic acids is 1. The van der Waals surface area contributed by atoms with E-state index in [9.17, 15) is 9.59 Å². The highest BCUT2D eigenvalue weighted by atomic mass is 16.5. The smallest absolute Gasteiger partial charge is 0.407 e. The molecular formula is C15H21N3O4. The number of carbonyl (C=O) groups is 2. The lowest BCUT2D eigenvalue weighted by molar-refractivity contribution is 0.0996. The van der Waals surface area contributed by atoms with Crippen molar-refractivity contribution >= 4 is 17.7 Å². The first kappa shape index (κ1) is 15.9. The molecule has 0 aliphatic carbocycles. The summed E-state index contributed by atoms with van der Waals surface area (Å²) < 4.78 is 5.48. The fourth-order valence-corrected chi connectivity index (χ4v) is 2.66. The van der Waals surface area contributed by atoms with Crippen LogP contribution in [0.4, 0.5) is 10.5 Å². The minimum atomic E-state index is -0.897. The lowest BCUT2D eigenvalue weighted by Gasteiger charge is -2.39. The third kappa shape index (κ3) is 3.24. The van der Waals surface area contributed by atoms with Crippen LogP contribution in [0.5, 0.6) is 5.75 Å². The van der Waals surface area contributed by atoms with Gasteiger partial charge in [0.05, 0.1) is 12.2 Å². The van der Waals surface area contributed by atoms with Gasteiger partial charge in [0.1, 0.15) is 5.75 Å². The maximum atomic E-state index is 11.4. The third-order valence-corrected chi connectivity index (χ3v) is 3.77. The highest BCUT2D eigenvalue weighted by Crippen LogP contribution is 2.27. The van der Waals surface area contributed by atoms with Gasteiger partial charge in [-0.05, 0) is 26.0 Å². The van der Waals surface area contributed by atoms with Crippen LogP contribution in [0.2, 0.25) is 0 Å². The summed E-state index contributed by atoms with van der Waals surface area (Å²) in [5.41, 5.74) is 6.59. The highest BCUT2D eigenvalue weighted by Gasteiger charge is 2.27. The number of rotatable bonds is 4. The molecule has 0 saturated carbocycles. The van der Waals surface area contributed by atoms with Gasteiger partial charge in [-0.3, -0.25) is 4.79 Å². The summed E-state index contributed by atoms with van der Waals surface area (Å²) in [4.78, 5) is 26.0. The van der Waals surface area contributed by atoms with Crippen molar-refractivity contribution in [1.29, 1.82) is 0 Å². The molecule has 0 spiro atoms. The largest absolute Gasteiger partial charge is 0.493 e. The van der Waals surface area contributed by atoms with E-state index in [1.807, 2.05) is 19.9 Å². The van der Waals surface area contributed by atoms with Crippen LogP contribution in [0.1, 0.15) is 24.2 Å². The van der Waals surface area contributed by atoms with Crippen LogP contribution in [-0.4, -0.2) is 54.3 Å². The van der Waals surface area contributed by atoms with E-state index in [-0.39, 0.29) is 6.04 Å². The Balaban J connectivity index is 2.21. The molecular weight excluding hydrogens is 286 g/mol. The van der Waals surface area contributed by atoms with Gasteiger partial charge in [-0.25, -0.2) is 4.79 Å². The number of carboxylic acid groups (broad SMARTS) is 1. The van der Waals surface area contributed by atoms with Crippen molar-refractivity contribution in [2.75, 3.05) is 31.1 Å². The van der Waals surface area contributed by atoms with Crippen LogP contribution in [-0.2, 0) is 0 Å². The Labute approximate surface area is 129 Å². The third-order valence-electron chi connectivity index (χ3n) is 3.77. The van der Waals surface area contributed by atoms with Crippen LogP contribution in [0.25, 0.3) is 0 Å². The quantitative estimate of drug-likeness (QED) is 0.876. The number of benzene rings is 1. The van der Waals surface area contributed by atoms with Crippen molar-refractivity contribution in [3.8, 4) is 5.75 Å². The van der Waals surface area contributed by atoms with Crippen molar-refractivity contribution in [1.82, 2.24) is 4.90 Å². The van der Waals surface area contributed by atoms with Gasteiger partial charge in [0.15, 0.2) is 0 Å². The van der Waals surface area contributed by atoms with E-state index in [1.54, 1.807) is 12.1 Å². The molecule has 0 aromatic heterocycles. The molecule has 1 aromatic carbocycles. The summed E-state index contributed by atoms with van der Waals surface area (Å²) in [5, 5.41) is 9.11. The topological polar surface area (TPSA) is 96.1 Å². The van der Waals surface area contributed by atoms with Gasteiger partial charge in [-0.15, -0.1) is 0 Å². The van der Waals surface area contributed by atoms with Crippen molar-refractivity contribution in [2.24, 2.45) is 5.73 Å². The summed E-state index contributed by atoms with van der Waals surface area (Å²) in [5.74, 6) is -0.0696. The molecule has 2 rings (SSSR count). The Morgan fingerprint density at radius 2 is 2.14 bits per heavy atom. The highest BCUT2D eigenvalue weighted by molar-refractivity contribution is 5.96. The maximum Gasteiger partial charge on any atom is 0.407 e. The zero-order valence-corrected chi connectivity index (χ0v) is 12.8. The molecule has 2 amide bonds. The minimum absolute atomic E-state index is 0.0994. The van der Waals surface area contributed by atoms with E-state index >= 15 is 0 Å². The predicted octanol–water partition coefficient (Wildman–Crippen LogP) is 1.37. The normalized spacial score (nSPS) is 18.2. The van der Waals surface area contributed by atoms with E-state index in [0.29, 0.717) is 37.6 Å². The summed E-state index contributed by atoms with van der Waals surface area (Å²) in [6, 6.07) is 5.15. The number of hydrogen-bond donors (Lipinski definition) is 2. The zero-order chi connectivity index (χ0) is 16.3. The number of amides is 2. The second kappa shape index (κ2) is 6.55. The van der Waals surface area contributed by atoms with Gasteiger partial charge in [0.25, 0.3) is 5.91 Å². The number of primary amides is 1. The summed E-state index contributed by atoms with van der Waals surface area (Å²) in [6.45, 7) is 5.78. The Hall–Kier alpha value is -2.44. The molecule has 1 atom stereocenters. The number of hydrogen-bond acceptors (Lipinski definition) is 4. The Kier molecular flexibility index (Phi) is 4.75. The monoisotopic (exact) mass is 307 g/mol. The van der Waals surface area contributed by atoms with E-state index in [4.69, 9.17) is 15.6 Å². The molecule has 7 heteroatoms. The van der Waals surface area contributed by atoms with Crippen LogP contribution in [0, 0.1) is 0 Å². The van der Waals surface area contributed by atoms with E-state index in [2.05, 4.69) is 4.90 Å². The van der Waals surface area contributed by atoms with Crippen LogP contribution < -0.4 is 15.4 Å². The average Bonchev–Trinajstić information content (AvgIpc) is 2.46. The zero-order valence-electron chi connectivity index (χ0n) is 12.8. The maximum absolute atomic E-state index is 11.4. The number of nitrogens with two attached hydrogens (primary N) is 1. The fourth-order valence-electron chi connectivity index (χ4n) is 2.66. The number of nitrogens with zero attached hydrogens (tertiary/aromatic N) is 2. The average molecular weight is 307 g/mol. The molecule has 1 aromatic rings. The standard InChI is InChI=1S/C15H21N3O4/c1-3-22-13-8-11(4-5-12(13)14(16)19)17-6-7-18(15(20)21)10(2)9-17/h4-5,8,10H,3,6-7,9H2,1-2H3,(H2,16,19)(H,20,21). The molecule has 1 saturated heterocycles. The molecule has 1 heterocycles. The van der Waals surface area contributed by atoms with Crippen LogP contribution in [0.15, 0.2) is 18.2 Å². The molecule has 1 aliphatic rings. The van der Waals surface area contributed by atoms with Gasteiger partial charge in [-0.1, -0.05) is 0 Å². The Morgan fingerprint density at radius 1 is 1.41 bits per heavy atom. The molecule has 1 aliphatic heterocycles. The number of piperazine rings is 1. The van der Waals surface area contributed by atoms with Crippen LogP contribution in [0.3, 0.4) is 0 Å². The molecule has 1 unspecified atom stereocenters. The SMILES string of the molecule is CCOc1cc(N2CCN(C(=O)O)C(C)C2)ccc1C(N)=O. The van der Waals surface area contributed by atoms with Gasteiger partial charge in [0.2, 0.25) is 0 Å². The lowest BCUT2D eigenvalue weighted by Crippen LogP contribution is -2.53. The van der Waals surface area contributed by atoms with E-state index < -0.39 is 12.0 Å². The first-order valence-electron chi connectivity index (χ1n) is 7.25. The Morgan fingerprint density at radius 3 is 2.68 bits per heavy atom. The van der Waals surface area contributed by atoms with Gasteiger partial charge in [0, 0.05) is 37.4 Å². The predicted molar refractivity (Wildman–Crippen MR) is 82.5 cm³/mol. The first-order chi connectivity index (χ1) is 10.4. The summed E-state index contributed by atoms with van der Waals surface area (Å²) >= 11 is 0. The van der Waals surface area contributed by atoms with Crippen LogP contribution >= 0.6 is 0 Å². The van der Waals surface area contributed by atoms with E-state index in [0.717, 1.165) is 5.69 Å². The van der Waals surface area contributed by atoms with Gasteiger partial charge >= 0.3 is 6.09 Å². The second-order valence-electron chi connectivity index (χ2n) is 5.25. The van der Waals surface area contributed by atoms with Crippen molar-refractivity contribution in [3.63, 3.8) is 0 Å². The van der Waals surface area contributed by atoms with Crippen molar-refractivity contribution in [3.05, 3.63) is 23.8 Å². The molecule has 1 fully saturated rings. The summed E-state index contributed by atoms with van der Waals surface area (Å²) in [6.07, 6.45) is -0.897. The van der Waals surface area contributed by atoms with Crippen molar-refractivity contribution < 1.29 is 19.4 Å². The van der Waals surface area contributed by atoms with E-state index in [1.165, 1.54) is 4.90 Å². The molecule has 0 bridgehead atoms. The summed E-state index contributed by atoms with van der Waals surface area (Å²) in [7, 11) is 0. The molecule has 3 N–H and O–H groups in total. The molecule has 22 heavy (non-hydrogen) atoms. The number of anilines is 1. The first-order valence-corrected chi connectivity index (χ1v) is 7.25. The molecule has 0 radical (unpaired) electrons. The minimum Gasteiger partial charge on any atom is -0.493 e. The molecule has 7 nitrogen and oxygen atoms in total. The van der Waals surface area contributed by atoms with Gasteiger partial charge in [-0.2, -0.15) is 0 Å². The fraction of sp³-hybridized carbons (Fsp3) is 0.467. The van der Waals surface area contributed by atoms with Crippen molar-refractivity contribution in [2.45, 2.75) is 19.9 Å². The molecule has 120 valence electrons. The Bertz CT molecular complexity index is 576.